The summed E-state index contributed by atoms with van der Waals surface area (Å²) in [5.41, 5.74) is 0.525. The van der Waals surface area contributed by atoms with Gasteiger partial charge < -0.3 is 23.8 Å². The van der Waals surface area contributed by atoms with E-state index in [1.54, 1.807) is 26.2 Å². The number of hydrogen-bond donors (Lipinski definition) is 0. The fourth-order valence-corrected chi connectivity index (χ4v) is 2.95. The average molecular weight is 337 g/mol. The number of rotatable bonds is 4. The van der Waals surface area contributed by atoms with E-state index in [2.05, 4.69) is 0 Å². The predicted octanol–water partition coefficient (Wildman–Crippen LogP) is 3.44. The summed E-state index contributed by atoms with van der Waals surface area (Å²) in [6.07, 6.45) is 0.579. The van der Waals surface area contributed by atoms with Crippen LogP contribution in [-0.4, -0.2) is 51.0 Å². The molecule has 1 heterocycles. The lowest BCUT2D eigenvalue weighted by Crippen LogP contribution is -2.35. The van der Waals surface area contributed by atoms with E-state index in [0.29, 0.717) is 30.3 Å². The molecule has 6 heteroatoms. The van der Waals surface area contributed by atoms with Gasteiger partial charge in [-0.3, -0.25) is 0 Å². The van der Waals surface area contributed by atoms with Gasteiger partial charge in [-0.2, -0.15) is 0 Å². The van der Waals surface area contributed by atoms with Crippen molar-refractivity contribution in [1.82, 2.24) is 4.90 Å². The Bertz CT molecular complexity index is 594. The van der Waals surface area contributed by atoms with Crippen molar-refractivity contribution in [3.8, 4) is 17.2 Å². The molecule has 24 heavy (non-hydrogen) atoms. The number of likely N-dealkylation sites (tertiary alicyclic amines) is 1. The minimum atomic E-state index is -0.490. The van der Waals surface area contributed by atoms with Gasteiger partial charge in [0.2, 0.25) is 5.75 Å². The van der Waals surface area contributed by atoms with Gasteiger partial charge in [-0.05, 0) is 33.3 Å². The van der Waals surface area contributed by atoms with Gasteiger partial charge >= 0.3 is 6.09 Å². The predicted molar refractivity (Wildman–Crippen MR) is 91.3 cm³/mol. The molecule has 1 fully saturated rings. The molecule has 0 aromatic heterocycles. The van der Waals surface area contributed by atoms with E-state index in [1.807, 2.05) is 32.9 Å². The summed E-state index contributed by atoms with van der Waals surface area (Å²) in [5, 5.41) is 0. The molecule has 2 rings (SSSR count). The van der Waals surface area contributed by atoms with Crippen LogP contribution >= 0.6 is 0 Å². The van der Waals surface area contributed by atoms with Crippen LogP contribution in [0.5, 0.6) is 17.2 Å². The summed E-state index contributed by atoms with van der Waals surface area (Å²) in [4.78, 5) is 14.0. The molecule has 0 saturated carbocycles. The first-order valence-electron chi connectivity index (χ1n) is 8.07. The molecule has 1 amide bonds. The van der Waals surface area contributed by atoms with Crippen LogP contribution in [0.15, 0.2) is 12.1 Å². The van der Waals surface area contributed by atoms with Crippen LogP contribution in [0.1, 0.15) is 38.7 Å². The summed E-state index contributed by atoms with van der Waals surface area (Å²) in [5.74, 6) is 2.04. The molecule has 1 saturated heterocycles. The number of hydrogen-bond acceptors (Lipinski definition) is 5. The molecule has 6 nitrogen and oxygen atoms in total. The first-order valence-corrected chi connectivity index (χ1v) is 8.07. The fraction of sp³-hybridized carbons (Fsp3) is 0.611. The quantitative estimate of drug-likeness (QED) is 0.842. The number of nitrogens with zero attached hydrogens (tertiary/aromatic N) is 1. The highest BCUT2D eigenvalue weighted by Gasteiger charge is 2.33. The number of ether oxygens (including phenoxy) is 4. The lowest BCUT2D eigenvalue weighted by atomic mass is 9.96. The van der Waals surface area contributed by atoms with E-state index in [9.17, 15) is 4.79 Å². The van der Waals surface area contributed by atoms with Crippen LogP contribution in [0.25, 0.3) is 0 Å². The standard InChI is InChI=1S/C18H27NO5/c1-18(2,3)24-17(20)19-10-9-12(11-19)13-7-8-14(21-4)16(23-6)15(13)22-5/h7-8,12H,9-11H2,1-6H3. The minimum absolute atomic E-state index is 0.173. The molecule has 0 N–H and O–H groups in total. The number of carbonyl (C=O) groups excluding carboxylic acids is 1. The normalized spacial score (nSPS) is 17.6. The molecule has 0 radical (unpaired) electrons. The average Bonchev–Trinajstić information content (AvgIpc) is 3.01. The van der Waals surface area contributed by atoms with Gasteiger partial charge in [0, 0.05) is 24.6 Å². The third-order valence-electron chi connectivity index (χ3n) is 4.01. The summed E-state index contributed by atoms with van der Waals surface area (Å²) in [6, 6.07) is 3.84. The molecular weight excluding hydrogens is 310 g/mol. The summed E-state index contributed by atoms with van der Waals surface area (Å²) < 4.78 is 21.8. The van der Waals surface area contributed by atoms with Crippen molar-refractivity contribution in [2.24, 2.45) is 0 Å². The summed E-state index contributed by atoms with van der Waals surface area (Å²) in [7, 11) is 4.80. The molecule has 134 valence electrons. The first kappa shape index (κ1) is 18.2. The number of amides is 1. The van der Waals surface area contributed by atoms with Gasteiger partial charge in [0.25, 0.3) is 0 Å². The number of benzene rings is 1. The Morgan fingerprint density at radius 3 is 2.29 bits per heavy atom. The van der Waals surface area contributed by atoms with Crippen LogP contribution in [-0.2, 0) is 4.74 Å². The zero-order chi connectivity index (χ0) is 17.9. The Morgan fingerprint density at radius 1 is 1.08 bits per heavy atom. The second-order valence-corrected chi connectivity index (χ2v) is 6.84. The van der Waals surface area contributed by atoms with E-state index in [1.165, 1.54) is 0 Å². The molecule has 1 aromatic carbocycles. The largest absolute Gasteiger partial charge is 0.493 e. The third kappa shape index (κ3) is 3.86. The third-order valence-corrected chi connectivity index (χ3v) is 4.01. The van der Waals surface area contributed by atoms with Crippen LogP contribution in [0.4, 0.5) is 4.79 Å². The van der Waals surface area contributed by atoms with E-state index >= 15 is 0 Å². The Hall–Kier alpha value is -2.11. The highest BCUT2D eigenvalue weighted by Crippen LogP contribution is 2.44. The van der Waals surface area contributed by atoms with Crippen LogP contribution in [0.3, 0.4) is 0 Å². The SMILES string of the molecule is COc1ccc(C2CCN(C(=O)OC(C)(C)C)C2)c(OC)c1OC. The van der Waals surface area contributed by atoms with E-state index in [4.69, 9.17) is 18.9 Å². The topological polar surface area (TPSA) is 57.2 Å². The van der Waals surface area contributed by atoms with Gasteiger partial charge in [-0.15, -0.1) is 0 Å². The van der Waals surface area contributed by atoms with Gasteiger partial charge in [0.05, 0.1) is 21.3 Å². The number of methoxy groups -OCH3 is 3. The molecule has 1 aliphatic heterocycles. The van der Waals surface area contributed by atoms with Crippen molar-refractivity contribution in [1.29, 1.82) is 0 Å². The summed E-state index contributed by atoms with van der Waals surface area (Å²) >= 11 is 0. The maximum absolute atomic E-state index is 12.2. The van der Waals surface area contributed by atoms with Gasteiger partial charge in [0.1, 0.15) is 5.60 Å². The molecular formula is C18H27NO5. The van der Waals surface area contributed by atoms with Crippen molar-refractivity contribution in [2.45, 2.75) is 38.7 Å². The highest BCUT2D eigenvalue weighted by molar-refractivity contribution is 5.69. The second kappa shape index (κ2) is 7.20. The molecule has 0 aliphatic carbocycles. The van der Waals surface area contributed by atoms with E-state index in [0.717, 1.165) is 12.0 Å². The maximum Gasteiger partial charge on any atom is 0.410 e. The molecule has 1 aliphatic rings. The smallest absolute Gasteiger partial charge is 0.410 e. The minimum Gasteiger partial charge on any atom is -0.493 e. The molecule has 0 bridgehead atoms. The van der Waals surface area contributed by atoms with Crippen molar-refractivity contribution in [2.75, 3.05) is 34.4 Å². The van der Waals surface area contributed by atoms with Gasteiger partial charge in [-0.25, -0.2) is 4.79 Å². The van der Waals surface area contributed by atoms with Crippen molar-refractivity contribution in [3.63, 3.8) is 0 Å². The molecule has 1 aromatic rings. The fourth-order valence-electron chi connectivity index (χ4n) is 2.95. The second-order valence-electron chi connectivity index (χ2n) is 6.84. The van der Waals surface area contributed by atoms with E-state index in [-0.39, 0.29) is 12.0 Å². The zero-order valence-electron chi connectivity index (χ0n) is 15.3. The Morgan fingerprint density at radius 2 is 1.75 bits per heavy atom. The highest BCUT2D eigenvalue weighted by atomic mass is 16.6. The lowest BCUT2D eigenvalue weighted by Gasteiger charge is -2.24. The number of carbonyl (C=O) groups is 1. The van der Waals surface area contributed by atoms with Crippen molar-refractivity contribution in [3.05, 3.63) is 17.7 Å². The van der Waals surface area contributed by atoms with E-state index < -0.39 is 5.60 Å². The Labute approximate surface area is 143 Å². The van der Waals surface area contributed by atoms with Crippen LogP contribution < -0.4 is 14.2 Å². The lowest BCUT2D eigenvalue weighted by molar-refractivity contribution is 0.0292. The monoisotopic (exact) mass is 337 g/mol. The maximum atomic E-state index is 12.2. The van der Waals surface area contributed by atoms with Crippen LogP contribution in [0.2, 0.25) is 0 Å². The Balaban J connectivity index is 2.20. The van der Waals surface area contributed by atoms with Gasteiger partial charge in [-0.1, -0.05) is 6.07 Å². The first-order chi connectivity index (χ1) is 11.3. The summed E-state index contributed by atoms with van der Waals surface area (Å²) in [6.45, 7) is 6.87. The van der Waals surface area contributed by atoms with Gasteiger partial charge in [0.15, 0.2) is 11.5 Å². The Kier molecular flexibility index (Phi) is 5.47. The van der Waals surface area contributed by atoms with Crippen molar-refractivity contribution >= 4 is 6.09 Å². The molecule has 1 unspecified atom stereocenters. The molecule has 0 spiro atoms. The van der Waals surface area contributed by atoms with Crippen molar-refractivity contribution < 1.29 is 23.7 Å². The molecule has 1 atom stereocenters. The zero-order valence-corrected chi connectivity index (χ0v) is 15.3. The van der Waals surface area contributed by atoms with Crippen LogP contribution in [0, 0.1) is 0 Å².